The van der Waals surface area contributed by atoms with Crippen LogP contribution in [-0.4, -0.2) is 0 Å². The lowest BCUT2D eigenvalue weighted by atomic mass is 9.77. The summed E-state index contributed by atoms with van der Waals surface area (Å²) in [6, 6.07) is 9.70. The fourth-order valence-electron chi connectivity index (χ4n) is 6.04. The molecule has 168 valence electrons. The summed E-state index contributed by atoms with van der Waals surface area (Å²) in [5.74, 6) is 3.72. The van der Waals surface area contributed by atoms with Crippen LogP contribution in [0.5, 0.6) is 0 Å². The maximum atomic E-state index is 2.54. The van der Waals surface area contributed by atoms with Gasteiger partial charge in [0.05, 0.1) is 0 Å². The predicted octanol–water partition coefficient (Wildman–Crippen LogP) is 9.64. The lowest BCUT2D eigenvalue weighted by Crippen LogP contribution is -2.13. The maximum Gasteiger partial charge on any atom is -0.0162 e. The van der Waals surface area contributed by atoms with Crippen molar-refractivity contribution in [2.24, 2.45) is 17.8 Å². The Hall–Kier alpha value is -1.04. The van der Waals surface area contributed by atoms with E-state index in [1.54, 1.807) is 5.56 Å². The minimum atomic E-state index is 0.823. The normalized spacial score (nSPS) is 27.5. The van der Waals surface area contributed by atoms with Crippen molar-refractivity contribution in [3.63, 3.8) is 0 Å². The zero-order chi connectivity index (χ0) is 21.0. The minimum Gasteiger partial charge on any atom is -0.0879 e. The molecule has 0 unspecified atom stereocenters. The van der Waals surface area contributed by atoms with E-state index >= 15 is 0 Å². The van der Waals surface area contributed by atoms with E-state index in [0.29, 0.717) is 0 Å². The van der Waals surface area contributed by atoms with Crippen molar-refractivity contribution in [3.05, 3.63) is 47.5 Å². The molecular weight excluding hydrogens is 360 g/mol. The number of rotatable bonds is 11. The summed E-state index contributed by atoms with van der Waals surface area (Å²) in [7, 11) is 0. The number of hydrogen-bond donors (Lipinski definition) is 0. The second kappa shape index (κ2) is 13.4. The molecule has 0 N–H and O–H groups in total. The van der Waals surface area contributed by atoms with Crippen LogP contribution < -0.4 is 0 Å². The van der Waals surface area contributed by atoms with Crippen molar-refractivity contribution in [1.82, 2.24) is 0 Å². The molecule has 2 aliphatic carbocycles. The van der Waals surface area contributed by atoms with Gasteiger partial charge >= 0.3 is 0 Å². The fourth-order valence-corrected chi connectivity index (χ4v) is 6.04. The maximum absolute atomic E-state index is 2.54. The molecule has 0 saturated heterocycles. The van der Waals surface area contributed by atoms with Crippen LogP contribution in [0.3, 0.4) is 0 Å². The molecule has 0 heterocycles. The molecule has 0 heteroatoms. The number of unbranched alkanes of at least 4 members (excludes halogenated alkanes) is 2. The summed E-state index contributed by atoms with van der Waals surface area (Å²) >= 11 is 0. The lowest BCUT2D eigenvalue weighted by molar-refractivity contribution is 0.294. The van der Waals surface area contributed by atoms with Gasteiger partial charge in [0.15, 0.2) is 0 Å². The largest absolute Gasteiger partial charge is 0.0879 e. The molecule has 1 aromatic rings. The van der Waals surface area contributed by atoms with Crippen molar-refractivity contribution in [2.45, 2.75) is 122 Å². The second-order valence-corrected chi connectivity index (χ2v) is 10.5. The van der Waals surface area contributed by atoms with Gasteiger partial charge < -0.3 is 0 Å². The van der Waals surface area contributed by atoms with Crippen molar-refractivity contribution in [3.8, 4) is 0 Å². The summed E-state index contributed by atoms with van der Waals surface area (Å²) in [6.07, 6.45) is 27.5. The highest BCUT2D eigenvalue weighted by atomic mass is 14.3. The molecule has 0 aliphatic heterocycles. The standard InChI is InChI=1S/C30H48/c1-3-5-6-10-27-17-21-29(22-18-27)30-23-19-28(20-24-30)12-8-7-11-26-15-13-25(9-4-2)14-16-26/h7,11,19-20,23-27,29H,3-6,8-10,12-18,21-22H2,1-2H3/b11-7+/t25-,26-,27-,29-. The molecule has 2 saturated carbocycles. The first-order valence-corrected chi connectivity index (χ1v) is 13.5. The average Bonchev–Trinajstić information content (AvgIpc) is 2.79. The quantitative estimate of drug-likeness (QED) is 0.252. The van der Waals surface area contributed by atoms with E-state index in [2.05, 4.69) is 50.3 Å². The average molecular weight is 409 g/mol. The summed E-state index contributed by atoms with van der Waals surface area (Å²) in [6.45, 7) is 4.65. The van der Waals surface area contributed by atoms with Crippen molar-refractivity contribution in [2.75, 3.05) is 0 Å². The van der Waals surface area contributed by atoms with E-state index in [4.69, 9.17) is 0 Å². The van der Waals surface area contributed by atoms with Crippen LogP contribution in [0.25, 0.3) is 0 Å². The number of benzene rings is 1. The van der Waals surface area contributed by atoms with Gasteiger partial charge in [-0.3, -0.25) is 0 Å². The van der Waals surface area contributed by atoms with Crippen LogP contribution >= 0.6 is 0 Å². The Morgan fingerprint density at radius 3 is 2.07 bits per heavy atom. The van der Waals surface area contributed by atoms with Crippen LogP contribution in [-0.2, 0) is 6.42 Å². The molecule has 0 radical (unpaired) electrons. The molecule has 0 nitrogen and oxygen atoms in total. The molecule has 0 aromatic heterocycles. The van der Waals surface area contributed by atoms with Gasteiger partial charge in [-0.1, -0.05) is 88.8 Å². The Labute approximate surface area is 187 Å². The van der Waals surface area contributed by atoms with Crippen molar-refractivity contribution in [1.29, 1.82) is 0 Å². The SMILES string of the molecule is CCCCC[C@H]1CC[C@H](c2ccc(CC/C=C/[C@H]3CC[C@H](CCC)CC3)cc2)CC1. The Morgan fingerprint density at radius 2 is 1.40 bits per heavy atom. The van der Waals surface area contributed by atoms with Gasteiger partial charge in [0.2, 0.25) is 0 Å². The highest BCUT2D eigenvalue weighted by Gasteiger charge is 2.22. The second-order valence-electron chi connectivity index (χ2n) is 10.5. The Balaban J connectivity index is 1.33. The molecule has 0 bridgehead atoms. The number of aryl methyl sites for hydroxylation is 1. The zero-order valence-corrected chi connectivity index (χ0v) is 20.1. The molecule has 2 fully saturated rings. The minimum absolute atomic E-state index is 0.823. The third-order valence-corrected chi connectivity index (χ3v) is 8.11. The molecule has 3 rings (SSSR count). The van der Waals surface area contributed by atoms with Crippen LogP contribution in [0, 0.1) is 17.8 Å². The highest BCUT2D eigenvalue weighted by molar-refractivity contribution is 5.26. The van der Waals surface area contributed by atoms with Crippen LogP contribution in [0.2, 0.25) is 0 Å². The first-order valence-electron chi connectivity index (χ1n) is 13.5. The van der Waals surface area contributed by atoms with Crippen LogP contribution in [0.1, 0.15) is 127 Å². The Kier molecular flexibility index (Phi) is 10.5. The van der Waals surface area contributed by atoms with E-state index < -0.39 is 0 Å². The summed E-state index contributed by atoms with van der Waals surface area (Å²) in [5, 5.41) is 0. The van der Waals surface area contributed by atoms with Gasteiger partial charge in [-0.2, -0.15) is 0 Å². The first kappa shape index (κ1) is 23.6. The molecule has 2 aliphatic rings. The molecule has 0 atom stereocenters. The van der Waals surface area contributed by atoms with E-state index in [0.717, 1.165) is 23.7 Å². The predicted molar refractivity (Wildman–Crippen MR) is 133 cm³/mol. The molecule has 1 aromatic carbocycles. The van der Waals surface area contributed by atoms with Gasteiger partial charge in [0.1, 0.15) is 0 Å². The monoisotopic (exact) mass is 408 g/mol. The van der Waals surface area contributed by atoms with Gasteiger partial charge in [0, 0.05) is 0 Å². The Bertz CT molecular complexity index is 579. The van der Waals surface area contributed by atoms with E-state index in [1.165, 1.54) is 108 Å². The summed E-state index contributed by atoms with van der Waals surface area (Å²) in [5.41, 5.74) is 3.12. The third kappa shape index (κ3) is 7.90. The molecule has 30 heavy (non-hydrogen) atoms. The smallest absolute Gasteiger partial charge is 0.0162 e. The summed E-state index contributed by atoms with van der Waals surface area (Å²) < 4.78 is 0. The Morgan fingerprint density at radius 1 is 0.733 bits per heavy atom. The van der Waals surface area contributed by atoms with Crippen molar-refractivity contribution < 1.29 is 0 Å². The molecule has 0 amide bonds. The lowest BCUT2D eigenvalue weighted by Gasteiger charge is -2.29. The zero-order valence-electron chi connectivity index (χ0n) is 20.1. The van der Waals surface area contributed by atoms with E-state index in [-0.39, 0.29) is 0 Å². The van der Waals surface area contributed by atoms with Crippen molar-refractivity contribution >= 4 is 0 Å². The van der Waals surface area contributed by atoms with E-state index in [1.807, 2.05) is 0 Å². The fraction of sp³-hybridized carbons (Fsp3) is 0.733. The van der Waals surface area contributed by atoms with Crippen LogP contribution in [0.15, 0.2) is 36.4 Å². The van der Waals surface area contributed by atoms with Crippen LogP contribution in [0.4, 0.5) is 0 Å². The molecule has 0 spiro atoms. The first-order chi connectivity index (χ1) is 14.8. The van der Waals surface area contributed by atoms with E-state index in [9.17, 15) is 0 Å². The summed E-state index contributed by atoms with van der Waals surface area (Å²) in [4.78, 5) is 0. The topological polar surface area (TPSA) is 0 Å². The van der Waals surface area contributed by atoms with Gasteiger partial charge in [-0.15, -0.1) is 0 Å². The van der Waals surface area contributed by atoms with Gasteiger partial charge in [-0.05, 0) is 99.0 Å². The molecular formula is C30H48. The number of hydrogen-bond acceptors (Lipinski definition) is 0. The van der Waals surface area contributed by atoms with Gasteiger partial charge in [0.25, 0.3) is 0 Å². The third-order valence-electron chi connectivity index (χ3n) is 8.11. The van der Waals surface area contributed by atoms with Gasteiger partial charge in [-0.25, -0.2) is 0 Å². The highest BCUT2D eigenvalue weighted by Crippen LogP contribution is 2.38. The number of allylic oxidation sites excluding steroid dienone is 2.